The summed E-state index contributed by atoms with van der Waals surface area (Å²) in [6.07, 6.45) is 0. The molecule has 0 bridgehead atoms. The Balaban J connectivity index is 2.29. The highest BCUT2D eigenvalue weighted by Crippen LogP contribution is 2.31. The van der Waals surface area contributed by atoms with Gasteiger partial charge in [0.2, 0.25) is 0 Å². The Morgan fingerprint density at radius 3 is 2.67 bits per heavy atom. The van der Waals surface area contributed by atoms with Gasteiger partial charge in [-0.15, -0.1) is 0 Å². The van der Waals surface area contributed by atoms with Gasteiger partial charge in [-0.05, 0) is 18.1 Å². The van der Waals surface area contributed by atoms with E-state index in [4.69, 9.17) is 21.1 Å². The van der Waals surface area contributed by atoms with Crippen molar-refractivity contribution in [2.75, 3.05) is 20.3 Å². The Labute approximate surface area is 112 Å². The highest BCUT2D eigenvalue weighted by molar-refractivity contribution is 6.32. The summed E-state index contributed by atoms with van der Waals surface area (Å²) in [7, 11) is 1.65. The number of H-pyrrole nitrogens is 1. The molecule has 18 heavy (non-hydrogen) atoms. The maximum atomic E-state index is 6.19. The molecule has 0 unspecified atom stereocenters. The third kappa shape index (κ3) is 2.79. The average molecular weight is 268 g/mol. The van der Waals surface area contributed by atoms with Crippen LogP contribution in [-0.4, -0.2) is 25.3 Å². The van der Waals surface area contributed by atoms with Crippen molar-refractivity contribution in [3.63, 3.8) is 0 Å². The Bertz CT molecular complexity index is 534. The highest BCUT2D eigenvalue weighted by Gasteiger charge is 2.09. The number of hydrogen-bond acceptors (Lipinski definition) is 2. The van der Waals surface area contributed by atoms with Gasteiger partial charge >= 0.3 is 0 Å². The van der Waals surface area contributed by atoms with Crippen LogP contribution in [0, 0.1) is 0 Å². The van der Waals surface area contributed by atoms with E-state index in [0.717, 1.165) is 10.9 Å². The third-order valence-electron chi connectivity index (χ3n) is 2.86. The van der Waals surface area contributed by atoms with Gasteiger partial charge in [-0.25, -0.2) is 0 Å². The fraction of sp³-hybridized carbons (Fsp3) is 0.429. The zero-order chi connectivity index (χ0) is 13.1. The monoisotopic (exact) mass is 267 g/mol. The number of aromatic amines is 1. The molecule has 0 saturated heterocycles. The molecule has 1 N–H and O–H groups in total. The van der Waals surface area contributed by atoms with Crippen molar-refractivity contribution in [3.8, 4) is 5.75 Å². The van der Waals surface area contributed by atoms with Crippen molar-refractivity contribution in [1.82, 2.24) is 4.98 Å². The van der Waals surface area contributed by atoms with E-state index in [0.29, 0.717) is 29.9 Å². The number of nitrogens with one attached hydrogen (secondary N) is 1. The molecule has 0 radical (unpaired) electrons. The van der Waals surface area contributed by atoms with Crippen LogP contribution in [0.5, 0.6) is 5.75 Å². The highest BCUT2D eigenvalue weighted by atomic mass is 35.5. The first kappa shape index (κ1) is 13.2. The van der Waals surface area contributed by atoms with E-state index in [1.807, 2.05) is 12.1 Å². The van der Waals surface area contributed by atoms with Crippen LogP contribution < -0.4 is 4.74 Å². The van der Waals surface area contributed by atoms with E-state index in [2.05, 4.69) is 24.9 Å². The summed E-state index contributed by atoms with van der Waals surface area (Å²) >= 11 is 6.19. The van der Waals surface area contributed by atoms with Gasteiger partial charge in [0.25, 0.3) is 0 Å². The molecule has 1 aromatic carbocycles. The lowest BCUT2D eigenvalue weighted by Gasteiger charge is -2.07. The second-order valence-corrected chi connectivity index (χ2v) is 5.00. The van der Waals surface area contributed by atoms with Crippen LogP contribution in [0.15, 0.2) is 18.2 Å². The summed E-state index contributed by atoms with van der Waals surface area (Å²) in [6, 6.07) is 6.01. The predicted octanol–water partition coefficient (Wildman–Crippen LogP) is 3.97. The van der Waals surface area contributed by atoms with Gasteiger partial charge in [-0.2, -0.15) is 0 Å². The zero-order valence-corrected chi connectivity index (χ0v) is 11.7. The summed E-state index contributed by atoms with van der Waals surface area (Å²) < 4.78 is 10.5. The molecule has 1 aromatic heterocycles. The topological polar surface area (TPSA) is 34.2 Å². The molecule has 0 aliphatic carbocycles. The fourth-order valence-corrected chi connectivity index (χ4v) is 2.04. The Morgan fingerprint density at radius 2 is 2.00 bits per heavy atom. The molecule has 0 aliphatic rings. The number of benzene rings is 1. The van der Waals surface area contributed by atoms with E-state index < -0.39 is 0 Å². The standard InChI is InChI=1S/C14H18ClNO2/c1-9(2)12-7-10-6-11(15)14(8-13(10)16-12)18-5-4-17-3/h6-9,16H,4-5H2,1-3H3. The van der Waals surface area contributed by atoms with E-state index in [-0.39, 0.29) is 0 Å². The van der Waals surface area contributed by atoms with E-state index in [1.165, 1.54) is 5.69 Å². The van der Waals surface area contributed by atoms with Gasteiger partial charge in [0.05, 0.1) is 11.6 Å². The Hall–Kier alpha value is -1.19. The minimum atomic E-state index is 0.467. The predicted molar refractivity (Wildman–Crippen MR) is 74.8 cm³/mol. The first-order valence-corrected chi connectivity index (χ1v) is 6.43. The molecule has 1 heterocycles. The van der Waals surface area contributed by atoms with Crippen LogP contribution in [0.1, 0.15) is 25.5 Å². The second-order valence-electron chi connectivity index (χ2n) is 4.59. The minimum Gasteiger partial charge on any atom is -0.490 e. The first-order chi connectivity index (χ1) is 8.61. The average Bonchev–Trinajstić information content (AvgIpc) is 2.72. The van der Waals surface area contributed by atoms with E-state index in [1.54, 1.807) is 7.11 Å². The number of halogens is 1. The number of hydrogen-bond donors (Lipinski definition) is 1. The molecule has 0 spiro atoms. The van der Waals surface area contributed by atoms with Crippen molar-refractivity contribution in [3.05, 3.63) is 28.9 Å². The van der Waals surface area contributed by atoms with Gasteiger partial charge in [0.1, 0.15) is 12.4 Å². The lowest BCUT2D eigenvalue weighted by molar-refractivity contribution is 0.146. The lowest BCUT2D eigenvalue weighted by atomic mass is 10.1. The van der Waals surface area contributed by atoms with Gasteiger partial charge in [0, 0.05) is 29.8 Å². The normalized spacial score (nSPS) is 11.4. The van der Waals surface area contributed by atoms with Crippen molar-refractivity contribution in [1.29, 1.82) is 0 Å². The second kappa shape index (κ2) is 5.63. The molecular formula is C14H18ClNO2. The SMILES string of the molecule is COCCOc1cc2[nH]c(C(C)C)cc2cc1Cl. The zero-order valence-electron chi connectivity index (χ0n) is 10.9. The van der Waals surface area contributed by atoms with Crippen molar-refractivity contribution in [2.24, 2.45) is 0 Å². The number of rotatable bonds is 5. The Morgan fingerprint density at radius 1 is 1.22 bits per heavy atom. The molecule has 0 saturated carbocycles. The molecule has 3 nitrogen and oxygen atoms in total. The third-order valence-corrected chi connectivity index (χ3v) is 3.16. The Kier molecular flexibility index (Phi) is 4.15. The van der Waals surface area contributed by atoms with Crippen LogP contribution in [0.4, 0.5) is 0 Å². The quantitative estimate of drug-likeness (QED) is 0.832. The summed E-state index contributed by atoms with van der Waals surface area (Å²) in [5, 5.41) is 1.75. The maximum Gasteiger partial charge on any atom is 0.140 e. The van der Waals surface area contributed by atoms with Gasteiger partial charge in [0.15, 0.2) is 0 Å². The van der Waals surface area contributed by atoms with Crippen molar-refractivity contribution >= 4 is 22.5 Å². The van der Waals surface area contributed by atoms with Crippen LogP contribution in [-0.2, 0) is 4.74 Å². The number of fused-ring (bicyclic) bond motifs is 1. The van der Waals surface area contributed by atoms with Gasteiger partial charge < -0.3 is 14.5 Å². The molecule has 0 atom stereocenters. The first-order valence-electron chi connectivity index (χ1n) is 6.05. The summed E-state index contributed by atoms with van der Waals surface area (Å²) in [5.74, 6) is 1.16. The maximum absolute atomic E-state index is 6.19. The number of methoxy groups -OCH3 is 1. The van der Waals surface area contributed by atoms with Crippen molar-refractivity contribution < 1.29 is 9.47 Å². The van der Waals surface area contributed by atoms with Crippen LogP contribution in [0.25, 0.3) is 10.9 Å². The molecule has 2 aromatic rings. The molecule has 98 valence electrons. The smallest absolute Gasteiger partial charge is 0.140 e. The minimum absolute atomic E-state index is 0.467. The molecular weight excluding hydrogens is 250 g/mol. The van der Waals surface area contributed by atoms with Crippen LogP contribution in [0.2, 0.25) is 5.02 Å². The van der Waals surface area contributed by atoms with Crippen LogP contribution in [0.3, 0.4) is 0 Å². The molecule has 2 rings (SSSR count). The lowest BCUT2D eigenvalue weighted by Crippen LogP contribution is -2.04. The number of aromatic nitrogens is 1. The van der Waals surface area contributed by atoms with Gasteiger partial charge in [-0.3, -0.25) is 0 Å². The van der Waals surface area contributed by atoms with Crippen molar-refractivity contribution in [2.45, 2.75) is 19.8 Å². The fourth-order valence-electron chi connectivity index (χ4n) is 1.81. The largest absolute Gasteiger partial charge is 0.490 e. The number of ether oxygens (including phenoxy) is 2. The summed E-state index contributed by atoms with van der Waals surface area (Å²) in [4.78, 5) is 3.38. The van der Waals surface area contributed by atoms with Crippen LogP contribution >= 0.6 is 11.6 Å². The summed E-state index contributed by atoms with van der Waals surface area (Å²) in [6.45, 7) is 5.36. The molecule has 4 heteroatoms. The molecule has 0 amide bonds. The van der Waals surface area contributed by atoms with E-state index in [9.17, 15) is 0 Å². The van der Waals surface area contributed by atoms with Gasteiger partial charge in [-0.1, -0.05) is 25.4 Å². The molecule has 0 fully saturated rings. The summed E-state index contributed by atoms with van der Waals surface area (Å²) in [5.41, 5.74) is 2.26. The molecule has 0 aliphatic heterocycles. The van der Waals surface area contributed by atoms with E-state index >= 15 is 0 Å².